The number of piperidine rings is 1. The van der Waals surface area contributed by atoms with Gasteiger partial charge in [0.1, 0.15) is 6.54 Å². The molecule has 0 aromatic carbocycles. The molecule has 0 bridgehead atoms. The average Bonchev–Trinajstić information content (AvgIpc) is 3.07. The van der Waals surface area contributed by atoms with Crippen molar-refractivity contribution in [1.29, 1.82) is 0 Å². The van der Waals surface area contributed by atoms with E-state index < -0.39 is 0 Å². The quantitative estimate of drug-likeness (QED) is 0.871. The second-order valence-electron chi connectivity index (χ2n) is 5.02. The van der Waals surface area contributed by atoms with Crippen molar-refractivity contribution < 1.29 is 4.79 Å². The summed E-state index contributed by atoms with van der Waals surface area (Å²) >= 11 is 5.79. The van der Waals surface area contributed by atoms with E-state index in [9.17, 15) is 9.59 Å². The molecule has 112 valence electrons. The van der Waals surface area contributed by atoms with E-state index in [-0.39, 0.29) is 24.2 Å². The van der Waals surface area contributed by atoms with E-state index in [1.54, 1.807) is 11.1 Å². The Bertz CT molecular complexity index is 690. The highest BCUT2D eigenvalue weighted by molar-refractivity contribution is 6.30. The minimum Gasteiger partial charge on any atom is -0.331 e. The molecule has 3 heterocycles. The summed E-state index contributed by atoms with van der Waals surface area (Å²) < 4.78 is 1.50. The van der Waals surface area contributed by atoms with Crippen molar-refractivity contribution in [2.24, 2.45) is 0 Å². The molecular weight excluding hydrogens is 296 g/mol. The molecule has 8 nitrogen and oxygen atoms in total. The third-order valence-corrected chi connectivity index (χ3v) is 3.75. The molecule has 0 aliphatic carbocycles. The molecule has 1 aliphatic rings. The molecule has 2 N–H and O–H groups in total. The van der Waals surface area contributed by atoms with Crippen LogP contribution in [0, 0.1) is 0 Å². The van der Waals surface area contributed by atoms with E-state index >= 15 is 0 Å². The van der Waals surface area contributed by atoms with Crippen LogP contribution in [0.15, 0.2) is 17.2 Å². The second-order valence-corrected chi connectivity index (χ2v) is 5.45. The van der Waals surface area contributed by atoms with E-state index in [4.69, 9.17) is 11.6 Å². The molecule has 21 heavy (non-hydrogen) atoms. The molecule has 0 spiro atoms. The number of rotatable bonds is 3. The van der Waals surface area contributed by atoms with Crippen LogP contribution in [0.2, 0.25) is 5.02 Å². The summed E-state index contributed by atoms with van der Waals surface area (Å²) in [4.78, 5) is 28.0. The highest BCUT2D eigenvalue weighted by Crippen LogP contribution is 2.28. The number of H-pyrrole nitrogens is 2. The number of hydrogen-bond donors (Lipinski definition) is 2. The van der Waals surface area contributed by atoms with Gasteiger partial charge in [-0.25, -0.2) is 9.89 Å². The third kappa shape index (κ3) is 2.99. The largest absolute Gasteiger partial charge is 0.340 e. The smallest absolute Gasteiger partial charge is 0.331 e. The molecule has 2 aromatic rings. The minimum atomic E-state index is -0.359. The molecule has 1 fully saturated rings. The van der Waals surface area contributed by atoms with E-state index in [1.807, 2.05) is 0 Å². The first kappa shape index (κ1) is 13.9. The van der Waals surface area contributed by atoms with Crippen molar-refractivity contribution in [3.05, 3.63) is 33.7 Å². The predicted octanol–water partition coefficient (Wildman–Crippen LogP) is 0.702. The fraction of sp³-hybridized carbons (Fsp3) is 0.500. The van der Waals surface area contributed by atoms with Crippen molar-refractivity contribution in [2.45, 2.75) is 31.8 Å². The van der Waals surface area contributed by atoms with Crippen molar-refractivity contribution in [1.82, 2.24) is 29.9 Å². The molecular formula is C12H15ClN6O2. The van der Waals surface area contributed by atoms with Gasteiger partial charge in [-0.3, -0.25) is 14.5 Å². The Morgan fingerprint density at radius 3 is 3.00 bits per heavy atom. The lowest BCUT2D eigenvalue weighted by molar-refractivity contribution is -0.136. The molecule has 1 amide bonds. The van der Waals surface area contributed by atoms with Gasteiger partial charge in [-0.2, -0.15) is 10.2 Å². The van der Waals surface area contributed by atoms with Crippen molar-refractivity contribution in [3.8, 4) is 0 Å². The number of hydrogen-bond acceptors (Lipinski definition) is 4. The molecule has 0 radical (unpaired) electrons. The molecule has 0 saturated carbocycles. The third-order valence-electron chi connectivity index (χ3n) is 3.56. The van der Waals surface area contributed by atoms with E-state index in [1.165, 1.54) is 10.9 Å². The van der Waals surface area contributed by atoms with E-state index in [0.717, 1.165) is 19.3 Å². The Hall–Kier alpha value is -2.09. The monoisotopic (exact) mass is 310 g/mol. The minimum absolute atomic E-state index is 0.0664. The van der Waals surface area contributed by atoms with Gasteiger partial charge in [-0.05, 0) is 19.3 Å². The van der Waals surface area contributed by atoms with Gasteiger partial charge in [0.25, 0.3) is 0 Å². The average molecular weight is 311 g/mol. The van der Waals surface area contributed by atoms with Gasteiger partial charge >= 0.3 is 5.69 Å². The highest BCUT2D eigenvalue weighted by Gasteiger charge is 2.30. The summed E-state index contributed by atoms with van der Waals surface area (Å²) in [6.45, 7) is 0.769. The zero-order chi connectivity index (χ0) is 14.8. The topological polar surface area (TPSA) is 99.7 Å². The number of nitrogens with one attached hydrogen (secondary N) is 2. The summed E-state index contributed by atoms with van der Waals surface area (Å²) in [6, 6.07) is -0.198. The lowest BCUT2D eigenvalue weighted by atomic mass is 10.0. The van der Waals surface area contributed by atoms with Gasteiger partial charge in [0.15, 0.2) is 5.82 Å². The number of halogens is 1. The first-order chi connectivity index (χ1) is 10.1. The van der Waals surface area contributed by atoms with Crippen LogP contribution >= 0.6 is 11.6 Å². The molecule has 2 aromatic heterocycles. The molecule has 9 heteroatoms. The number of aromatic amines is 2. The zero-order valence-corrected chi connectivity index (χ0v) is 12.0. The second kappa shape index (κ2) is 5.72. The first-order valence-electron chi connectivity index (χ1n) is 6.75. The summed E-state index contributed by atoms with van der Waals surface area (Å²) in [7, 11) is 0. The Labute approximate surface area is 125 Å². The number of amides is 1. The highest BCUT2D eigenvalue weighted by atomic mass is 35.5. The van der Waals surface area contributed by atoms with Crippen molar-refractivity contribution in [2.75, 3.05) is 6.54 Å². The molecule has 1 saturated heterocycles. The lowest BCUT2D eigenvalue weighted by Gasteiger charge is -2.34. The Morgan fingerprint density at radius 2 is 2.33 bits per heavy atom. The van der Waals surface area contributed by atoms with E-state index in [0.29, 0.717) is 17.4 Å². The van der Waals surface area contributed by atoms with Gasteiger partial charge in [0, 0.05) is 12.7 Å². The summed E-state index contributed by atoms with van der Waals surface area (Å²) in [5.41, 5.74) is -0.359. The number of likely N-dealkylation sites (tertiary alicyclic amines) is 1. The number of nitrogens with zero attached hydrogens (tertiary/aromatic N) is 4. The van der Waals surface area contributed by atoms with Crippen molar-refractivity contribution in [3.63, 3.8) is 0 Å². The van der Waals surface area contributed by atoms with Crippen LogP contribution in [0.25, 0.3) is 0 Å². The Morgan fingerprint density at radius 1 is 1.48 bits per heavy atom. The van der Waals surface area contributed by atoms with Crippen LogP contribution in [0.4, 0.5) is 0 Å². The maximum atomic E-state index is 12.5. The molecule has 1 aliphatic heterocycles. The predicted molar refractivity (Wildman–Crippen MR) is 74.8 cm³/mol. The Kier molecular flexibility index (Phi) is 3.78. The van der Waals surface area contributed by atoms with Gasteiger partial charge in [-0.1, -0.05) is 11.6 Å². The molecule has 1 unspecified atom stereocenters. The normalized spacial score (nSPS) is 18.9. The van der Waals surface area contributed by atoms with Crippen LogP contribution in [0.1, 0.15) is 31.1 Å². The van der Waals surface area contributed by atoms with Gasteiger partial charge in [-0.15, -0.1) is 0 Å². The molecule has 3 rings (SSSR count). The van der Waals surface area contributed by atoms with Crippen LogP contribution < -0.4 is 5.69 Å². The SMILES string of the molecule is O=C(Cn1cc(Cl)cn1)N1CCCCC1c1n[nH]c(=O)[nH]1. The van der Waals surface area contributed by atoms with E-state index in [2.05, 4.69) is 20.3 Å². The number of aromatic nitrogens is 5. The zero-order valence-electron chi connectivity index (χ0n) is 11.3. The summed E-state index contributed by atoms with van der Waals surface area (Å²) in [6.07, 6.45) is 5.82. The molecule has 1 atom stereocenters. The van der Waals surface area contributed by atoms with Gasteiger partial charge < -0.3 is 4.90 Å². The fourth-order valence-electron chi connectivity index (χ4n) is 2.61. The van der Waals surface area contributed by atoms with Crippen LogP contribution in [0.3, 0.4) is 0 Å². The maximum Gasteiger partial charge on any atom is 0.340 e. The summed E-state index contributed by atoms with van der Waals surface area (Å²) in [5.74, 6) is 0.440. The number of carbonyl (C=O) groups is 1. The number of carbonyl (C=O) groups excluding carboxylic acids is 1. The Balaban J connectivity index is 1.77. The van der Waals surface area contributed by atoms with Crippen LogP contribution in [0.5, 0.6) is 0 Å². The van der Waals surface area contributed by atoms with Crippen molar-refractivity contribution >= 4 is 17.5 Å². The maximum absolute atomic E-state index is 12.5. The first-order valence-corrected chi connectivity index (χ1v) is 7.13. The lowest BCUT2D eigenvalue weighted by Crippen LogP contribution is -2.41. The van der Waals surface area contributed by atoms with Gasteiger partial charge in [0.05, 0.1) is 17.3 Å². The standard InChI is InChI=1S/C12H15ClN6O2/c13-8-5-14-18(6-8)7-10(20)19-4-2-1-3-9(19)11-15-12(21)17-16-11/h5-6,9H,1-4,7H2,(H2,15,16,17,21). The fourth-order valence-corrected chi connectivity index (χ4v) is 2.77. The van der Waals surface area contributed by atoms with Crippen LogP contribution in [-0.4, -0.2) is 42.3 Å². The summed E-state index contributed by atoms with van der Waals surface area (Å²) in [5, 5.41) is 10.8. The van der Waals surface area contributed by atoms with Gasteiger partial charge in [0.2, 0.25) is 5.91 Å². The van der Waals surface area contributed by atoms with Crippen LogP contribution in [-0.2, 0) is 11.3 Å².